The van der Waals surface area contributed by atoms with Gasteiger partial charge >= 0.3 is 5.66 Å². The van der Waals surface area contributed by atoms with Crippen LogP contribution in [0, 0.1) is 21.4 Å². The summed E-state index contributed by atoms with van der Waals surface area (Å²) in [5, 5.41) is 27.1. The molecule has 96 valence electrons. The third-order valence-electron chi connectivity index (χ3n) is 2.32. The van der Waals surface area contributed by atoms with Crippen LogP contribution in [0.2, 0.25) is 0 Å². The maximum Gasteiger partial charge on any atom is 0.334 e. The van der Waals surface area contributed by atoms with Crippen LogP contribution < -0.4 is 0 Å². The minimum Gasteiger partial charge on any atom is -0.477 e. The summed E-state index contributed by atoms with van der Waals surface area (Å²) in [5.41, 5.74) is -0.984. The number of azo groups is 1. The number of nitro groups is 1. The fourth-order valence-electron chi connectivity index (χ4n) is 1.32. The Morgan fingerprint density at radius 1 is 1.53 bits per heavy atom. The Morgan fingerprint density at radius 3 is 2.74 bits per heavy atom. The van der Waals surface area contributed by atoms with E-state index in [2.05, 4.69) is 15.2 Å². The monoisotopic (exact) mass is 259 g/mol. The van der Waals surface area contributed by atoms with Crippen LogP contribution in [0.3, 0.4) is 0 Å². The zero-order valence-electron chi connectivity index (χ0n) is 9.98. The van der Waals surface area contributed by atoms with Crippen molar-refractivity contribution in [2.24, 2.45) is 15.2 Å². The Labute approximate surface area is 108 Å². The second-order valence-corrected chi connectivity index (χ2v) is 3.61. The molecule has 0 amide bonds. The van der Waals surface area contributed by atoms with Gasteiger partial charge in [0, 0.05) is 12.1 Å². The molecule has 2 rings (SSSR count). The van der Waals surface area contributed by atoms with E-state index >= 15 is 0 Å². The third kappa shape index (κ3) is 2.55. The maximum atomic E-state index is 10.5. The zero-order valence-corrected chi connectivity index (χ0v) is 9.98. The van der Waals surface area contributed by atoms with Gasteiger partial charge in [0.2, 0.25) is 0 Å². The lowest BCUT2D eigenvalue weighted by Crippen LogP contribution is -2.14. The van der Waals surface area contributed by atoms with E-state index in [0.29, 0.717) is 12.3 Å². The Morgan fingerprint density at radius 2 is 2.21 bits per heavy atom. The largest absolute Gasteiger partial charge is 0.477 e. The lowest BCUT2D eigenvalue weighted by atomic mass is 10.3. The maximum absolute atomic E-state index is 10.5. The van der Waals surface area contributed by atoms with Crippen LogP contribution in [-0.4, -0.2) is 23.1 Å². The minimum atomic E-state index is -1.35. The van der Waals surface area contributed by atoms with E-state index in [1.807, 2.05) is 6.07 Å². The molecule has 0 saturated carbocycles. The average Bonchev–Trinajstić information content (AvgIpc) is 3.11. The SMILES string of the molecule is CCOC1=NC1(C#N)N=Nc1ccc([N+](=O)[O-])cc1. The average molecular weight is 259 g/mol. The normalized spacial score (nSPS) is 20.7. The molecule has 1 unspecified atom stereocenters. The summed E-state index contributed by atoms with van der Waals surface area (Å²) < 4.78 is 5.08. The fourth-order valence-corrected chi connectivity index (χ4v) is 1.32. The molecule has 0 aliphatic carbocycles. The van der Waals surface area contributed by atoms with Crippen LogP contribution in [0.15, 0.2) is 39.5 Å². The first kappa shape index (κ1) is 12.6. The standard InChI is InChI=1S/C11H9N5O3/c1-2-19-10-11(7-12,13-10)15-14-8-3-5-9(6-4-8)16(17)18/h3-6H,2H2,1H3. The zero-order chi connectivity index (χ0) is 13.9. The van der Waals surface area contributed by atoms with Crippen molar-refractivity contribution in [1.82, 2.24) is 0 Å². The number of nitrogens with zero attached hydrogens (tertiary/aromatic N) is 5. The van der Waals surface area contributed by atoms with Crippen molar-refractivity contribution in [2.45, 2.75) is 12.6 Å². The molecule has 1 heterocycles. The molecule has 0 aromatic heterocycles. The van der Waals surface area contributed by atoms with Gasteiger partial charge in [-0.05, 0) is 19.1 Å². The van der Waals surface area contributed by atoms with Crippen LogP contribution in [0.5, 0.6) is 0 Å². The van der Waals surface area contributed by atoms with Crippen LogP contribution in [-0.2, 0) is 4.74 Å². The number of hydrogen-bond acceptors (Lipinski definition) is 7. The second-order valence-electron chi connectivity index (χ2n) is 3.61. The van der Waals surface area contributed by atoms with E-state index < -0.39 is 10.6 Å². The molecule has 0 N–H and O–H groups in total. The lowest BCUT2D eigenvalue weighted by Gasteiger charge is -1.98. The van der Waals surface area contributed by atoms with Gasteiger partial charge in [0.1, 0.15) is 6.07 Å². The number of hydrogen-bond donors (Lipinski definition) is 0. The molecule has 0 saturated heterocycles. The summed E-state index contributed by atoms with van der Waals surface area (Å²) in [7, 11) is 0. The van der Waals surface area contributed by atoms with Crippen molar-refractivity contribution in [3.63, 3.8) is 0 Å². The van der Waals surface area contributed by atoms with E-state index in [1.54, 1.807) is 6.92 Å². The highest BCUT2D eigenvalue weighted by atomic mass is 16.6. The van der Waals surface area contributed by atoms with Gasteiger partial charge in [0.15, 0.2) is 0 Å². The first-order valence-electron chi connectivity index (χ1n) is 5.43. The van der Waals surface area contributed by atoms with Crippen molar-refractivity contribution in [3.05, 3.63) is 34.4 Å². The highest BCUT2D eigenvalue weighted by molar-refractivity contribution is 6.01. The number of aliphatic imine (C=N–C) groups is 1. The lowest BCUT2D eigenvalue weighted by molar-refractivity contribution is -0.384. The van der Waals surface area contributed by atoms with Gasteiger partial charge in [-0.1, -0.05) is 0 Å². The van der Waals surface area contributed by atoms with E-state index in [-0.39, 0.29) is 11.6 Å². The molecular formula is C11H9N5O3. The molecule has 1 aliphatic rings. The van der Waals surface area contributed by atoms with Crippen molar-refractivity contribution >= 4 is 17.3 Å². The van der Waals surface area contributed by atoms with E-state index in [9.17, 15) is 10.1 Å². The van der Waals surface area contributed by atoms with E-state index in [1.165, 1.54) is 24.3 Å². The van der Waals surface area contributed by atoms with Crippen LogP contribution in [0.25, 0.3) is 0 Å². The Hall–Kier alpha value is -2.82. The molecule has 1 aromatic rings. The molecule has 0 bridgehead atoms. The third-order valence-corrected chi connectivity index (χ3v) is 2.32. The Kier molecular flexibility index (Phi) is 3.20. The van der Waals surface area contributed by atoms with Crippen molar-refractivity contribution in [2.75, 3.05) is 6.61 Å². The van der Waals surface area contributed by atoms with E-state index in [4.69, 9.17) is 10.00 Å². The summed E-state index contributed by atoms with van der Waals surface area (Å²) in [6.07, 6.45) is 0. The van der Waals surface area contributed by atoms with Gasteiger partial charge in [0.25, 0.3) is 11.6 Å². The molecule has 1 atom stereocenters. The molecule has 1 aliphatic heterocycles. The van der Waals surface area contributed by atoms with E-state index in [0.717, 1.165) is 0 Å². The molecule has 0 fully saturated rings. The Bertz CT molecular complexity index is 602. The Balaban J connectivity index is 2.07. The highest BCUT2D eigenvalue weighted by Gasteiger charge is 2.52. The van der Waals surface area contributed by atoms with Crippen molar-refractivity contribution in [3.8, 4) is 6.07 Å². The molecule has 1 aromatic carbocycles. The summed E-state index contributed by atoms with van der Waals surface area (Å²) in [5.74, 6) is 0.239. The van der Waals surface area contributed by atoms with Gasteiger partial charge < -0.3 is 4.74 Å². The van der Waals surface area contributed by atoms with Gasteiger partial charge in [-0.3, -0.25) is 10.1 Å². The predicted octanol–water partition coefficient (Wildman–Crippen LogP) is 2.35. The van der Waals surface area contributed by atoms with Crippen molar-refractivity contribution in [1.29, 1.82) is 5.26 Å². The molecule has 8 heteroatoms. The highest BCUT2D eigenvalue weighted by Crippen LogP contribution is 2.31. The number of benzene rings is 1. The molecule has 19 heavy (non-hydrogen) atoms. The van der Waals surface area contributed by atoms with Gasteiger partial charge in [-0.2, -0.15) is 15.4 Å². The number of nitriles is 1. The number of non-ortho nitro benzene ring substituents is 1. The van der Waals surface area contributed by atoms with Crippen LogP contribution >= 0.6 is 0 Å². The van der Waals surface area contributed by atoms with Gasteiger partial charge in [0.05, 0.1) is 17.2 Å². The topological polar surface area (TPSA) is 113 Å². The molecule has 8 nitrogen and oxygen atoms in total. The van der Waals surface area contributed by atoms with Crippen LogP contribution in [0.1, 0.15) is 6.92 Å². The minimum absolute atomic E-state index is 0.0355. The molecular weight excluding hydrogens is 250 g/mol. The smallest absolute Gasteiger partial charge is 0.334 e. The fraction of sp³-hybridized carbons (Fsp3) is 0.273. The van der Waals surface area contributed by atoms with Gasteiger partial charge in [-0.25, -0.2) is 0 Å². The van der Waals surface area contributed by atoms with Gasteiger partial charge in [-0.15, -0.1) is 5.11 Å². The number of nitro benzene ring substituents is 1. The summed E-state index contributed by atoms with van der Waals surface area (Å²) in [6.45, 7) is 2.17. The number of rotatable bonds is 4. The van der Waals surface area contributed by atoms with Crippen molar-refractivity contribution < 1.29 is 9.66 Å². The quantitative estimate of drug-likeness (QED) is 0.469. The summed E-state index contributed by atoms with van der Waals surface area (Å²) >= 11 is 0. The molecule has 0 radical (unpaired) electrons. The molecule has 0 spiro atoms. The summed E-state index contributed by atoms with van der Waals surface area (Å²) in [4.78, 5) is 13.8. The van der Waals surface area contributed by atoms with Crippen LogP contribution in [0.4, 0.5) is 11.4 Å². The second kappa shape index (κ2) is 4.81. The predicted molar refractivity (Wildman–Crippen MR) is 65.0 cm³/mol. The number of ether oxygens (including phenoxy) is 1. The first-order chi connectivity index (χ1) is 9.11. The summed E-state index contributed by atoms with van der Waals surface area (Å²) in [6, 6.07) is 7.39. The first-order valence-corrected chi connectivity index (χ1v) is 5.43.